The molecule has 7 heteroatoms. The molecule has 0 bridgehead atoms. The second-order valence-electron chi connectivity index (χ2n) is 5.24. The highest BCUT2D eigenvalue weighted by molar-refractivity contribution is 5.93. The van der Waals surface area contributed by atoms with Crippen molar-refractivity contribution in [1.29, 1.82) is 0 Å². The Labute approximate surface area is 119 Å². The van der Waals surface area contributed by atoms with Gasteiger partial charge in [-0.2, -0.15) is 0 Å². The molecule has 2 rings (SSSR count). The molecule has 0 spiro atoms. The predicted octanol–water partition coefficient (Wildman–Crippen LogP) is 3.09. The Balaban J connectivity index is 2.23. The van der Waals surface area contributed by atoms with Crippen LogP contribution in [0.3, 0.4) is 0 Å². The SMILES string of the molecule is NC1CCCCCC1C(=O)Nc1c(F)c(F)cc(F)c1F. The van der Waals surface area contributed by atoms with Crippen molar-refractivity contribution in [2.45, 2.75) is 38.1 Å². The quantitative estimate of drug-likeness (QED) is 0.501. The zero-order valence-electron chi connectivity index (χ0n) is 11.3. The first-order chi connectivity index (χ1) is 9.91. The van der Waals surface area contributed by atoms with Crippen molar-refractivity contribution in [3.63, 3.8) is 0 Å². The average Bonchev–Trinajstić information content (AvgIpc) is 2.66. The van der Waals surface area contributed by atoms with E-state index in [0.29, 0.717) is 12.8 Å². The molecule has 0 aliphatic heterocycles. The van der Waals surface area contributed by atoms with Crippen molar-refractivity contribution in [3.8, 4) is 0 Å². The zero-order chi connectivity index (χ0) is 15.6. The molecule has 2 unspecified atom stereocenters. The third-order valence-corrected chi connectivity index (χ3v) is 3.77. The van der Waals surface area contributed by atoms with Crippen molar-refractivity contribution >= 4 is 11.6 Å². The molecule has 0 heterocycles. The Kier molecular flexibility index (Phi) is 4.82. The number of rotatable bonds is 2. The Hall–Kier alpha value is -1.63. The standard InChI is InChI=1S/C14H16F4N2O/c15-8-6-9(16)12(18)13(11(8)17)20-14(21)7-4-2-1-3-5-10(7)19/h6-7,10H,1-5,19H2,(H,20,21). The van der Waals surface area contributed by atoms with Crippen LogP contribution in [0.25, 0.3) is 0 Å². The molecule has 3 N–H and O–H groups in total. The van der Waals surface area contributed by atoms with Gasteiger partial charge in [0.25, 0.3) is 0 Å². The van der Waals surface area contributed by atoms with Crippen LogP contribution in [0.15, 0.2) is 6.07 Å². The molecule has 2 atom stereocenters. The van der Waals surface area contributed by atoms with Gasteiger partial charge in [-0.1, -0.05) is 19.3 Å². The van der Waals surface area contributed by atoms with Gasteiger partial charge in [-0.15, -0.1) is 0 Å². The fourth-order valence-corrected chi connectivity index (χ4v) is 2.56. The van der Waals surface area contributed by atoms with Crippen molar-refractivity contribution < 1.29 is 22.4 Å². The van der Waals surface area contributed by atoms with Crippen LogP contribution < -0.4 is 11.1 Å². The third kappa shape index (κ3) is 3.34. The van der Waals surface area contributed by atoms with Crippen LogP contribution in [0.4, 0.5) is 23.2 Å². The molecule has 1 amide bonds. The minimum atomic E-state index is -1.62. The lowest BCUT2D eigenvalue weighted by Crippen LogP contribution is -2.38. The highest BCUT2D eigenvalue weighted by Crippen LogP contribution is 2.27. The van der Waals surface area contributed by atoms with Gasteiger partial charge >= 0.3 is 0 Å². The molecule has 1 aliphatic rings. The molecule has 1 fully saturated rings. The maximum atomic E-state index is 13.5. The predicted molar refractivity (Wildman–Crippen MR) is 69.5 cm³/mol. The molecule has 0 saturated heterocycles. The summed E-state index contributed by atoms with van der Waals surface area (Å²) >= 11 is 0. The second kappa shape index (κ2) is 6.43. The average molecular weight is 304 g/mol. The highest BCUT2D eigenvalue weighted by Gasteiger charge is 2.29. The Morgan fingerprint density at radius 1 is 1.05 bits per heavy atom. The van der Waals surface area contributed by atoms with Crippen LogP contribution >= 0.6 is 0 Å². The van der Waals surface area contributed by atoms with Crippen molar-refractivity contribution in [2.24, 2.45) is 11.7 Å². The molecule has 1 aliphatic carbocycles. The van der Waals surface area contributed by atoms with Gasteiger partial charge in [0.1, 0.15) is 5.69 Å². The van der Waals surface area contributed by atoms with Crippen molar-refractivity contribution in [1.82, 2.24) is 0 Å². The number of halogens is 4. The molecule has 0 aromatic heterocycles. The van der Waals surface area contributed by atoms with Crippen LogP contribution in [-0.4, -0.2) is 11.9 Å². The number of benzene rings is 1. The van der Waals surface area contributed by atoms with E-state index in [1.165, 1.54) is 0 Å². The van der Waals surface area contributed by atoms with E-state index in [1.54, 1.807) is 0 Å². The summed E-state index contributed by atoms with van der Waals surface area (Å²) in [6.07, 6.45) is 3.68. The van der Waals surface area contributed by atoms with Crippen LogP contribution in [0.5, 0.6) is 0 Å². The summed E-state index contributed by atoms with van der Waals surface area (Å²) in [7, 11) is 0. The smallest absolute Gasteiger partial charge is 0.229 e. The van der Waals surface area contributed by atoms with E-state index in [0.717, 1.165) is 19.3 Å². The van der Waals surface area contributed by atoms with Gasteiger partial charge in [0.05, 0.1) is 5.92 Å². The first kappa shape index (κ1) is 15.8. The lowest BCUT2D eigenvalue weighted by atomic mass is 9.94. The maximum Gasteiger partial charge on any atom is 0.229 e. The van der Waals surface area contributed by atoms with Gasteiger partial charge in [-0.25, -0.2) is 17.6 Å². The zero-order valence-corrected chi connectivity index (χ0v) is 11.3. The number of carbonyl (C=O) groups excluding carboxylic acids is 1. The summed E-state index contributed by atoms with van der Waals surface area (Å²) < 4.78 is 53.2. The lowest BCUT2D eigenvalue weighted by molar-refractivity contribution is -0.120. The van der Waals surface area contributed by atoms with Crippen LogP contribution in [0, 0.1) is 29.2 Å². The lowest BCUT2D eigenvalue weighted by Gasteiger charge is -2.21. The van der Waals surface area contributed by atoms with E-state index in [-0.39, 0.29) is 6.07 Å². The van der Waals surface area contributed by atoms with Crippen LogP contribution in [0.2, 0.25) is 0 Å². The molecular formula is C14H16F4N2O. The van der Waals surface area contributed by atoms with E-state index in [9.17, 15) is 22.4 Å². The van der Waals surface area contributed by atoms with Crippen molar-refractivity contribution in [2.75, 3.05) is 5.32 Å². The number of nitrogens with two attached hydrogens (primary N) is 1. The number of carbonyl (C=O) groups is 1. The first-order valence-corrected chi connectivity index (χ1v) is 6.81. The van der Waals surface area contributed by atoms with Crippen LogP contribution in [-0.2, 0) is 4.79 Å². The Morgan fingerprint density at radius 3 is 2.24 bits per heavy atom. The molecule has 21 heavy (non-hydrogen) atoms. The van der Waals surface area contributed by atoms with Crippen molar-refractivity contribution in [3.05, 3.63) is 29.3 Å². The molecule has 0 radical (unpaired) electrons. The normalized spacial score (nSPS) is 22.7. The summed E-state index contributed by atoms with van der Waals surface area (Å²) in [5.41, 5.74) is 4.77. The van der Waals surface area contributed by atoms with E-state index in [1.807, 2.05) is 5.32 Å². The first-order valence-electron chi connectivity index (χ1n) is 6.81. The number of hydrogen-bond donors (Lipinski definition) is 2. The summed E-state index contributed by atoms with van der Waals surface area (Å²) in [6.45, 7) is 0. The largest absolute Gasteiger partial charge is 0.327 e. The van der Waals surface area contributed by atoms with E-state index < -0.39 is 46.8 Å². The Bertz CT molecular complexity index is 524. The van der Waals surface area contributed by atoms with Gasteiger partial charge in [-0.05, 0) is 12.8 Å². The minimum absolute atomic E-state index is 0.0949. The topological polar surface area (TPSA) is 55.1 Å². The van der Waals surface area contributed by atoms with Crippen LogP contribution in [0.1, 0.15) is 32.1 Å². The van der Waals surface area contributed by atoms with Gasteiger partial charge in [-0.3, -0.25) is 4.79 Å². The van der Waals surface area contributed by atoms with E-state index in [2.05, 4.69) is 0 Å². The monoisotopic (exact) mass is 304 g/mol. The van der Waals surface area contributed by atoms with Gasteiger partial charge in [0.2, 0.25) is 5.91 Å². The summed E-state index contributed by atoms with van der Waals surface area (Å²) in [6, 6.07) is -0.338. The van der Waals surface area contributed by atoms with E-state index in [4.69, 9.17) is 5.73 Å². The number of amides is 1. The van der Waals surface area contributed by atoms with Gasteiger partial charge < -0.3 is 11.1 Å². The fourth-order valence-electron chi connectivity index (χ4n) is 2.56. The van der Waals surface area contributed by atoms with Gasteiger partial charge in [0, 0.05) is 12.1 Å². The number of hydrogen-bond acceptors (Lipinski definition) is 2. The summed E-state index contributed by atoms with van der Waals surface area (Å²) in [5.74, 6) is -7.71. The fraction of sp³-hybridized carbons (Fsp3) is 0.500. The minimum Gasteiger partial charge on any atom is -0.327 e. The molecule has 1 saturated carbocycles. The van der Waals surface area contributed by atoms with E-state index >= 15 is 0 Å². The second-order valence-corrected chi connectivity index (χ2v) is 5.24. The molecule has 3 nitrogen and oxygen atoms in total. The highest BCUT2D eigenvalue weighted by atomic mass is 19.2. The molecule has 116 valence electrons. The van der Waals surface area contributed by atoms with Gasteiger partial charge in [0.15, 0.2) is 23.3 Å². The Morgan fingerprint density at radius 2 is 1.62 bits per heavy atom. The summed E-state index contributed by atoms with van der Waals surface area (Å²) in [5, 5.41) is 1.94. The molecule has 1 aromatic carbocycles. The number of nitrogens with one attached hydrogen (secondary N) is 1. The third-order valence-electron chi connectivity index (χ3n) is 3.77. The summed E-state index contributed by atoms with van der Waals surface area (Å²) in [4.78, 5) is 12.1. The molecule has 1 aromatic rings. The maximum absolute atomic E-state index is 13.5. The number of anilines is 1. The molecular weight excluding hydrogens is 288 g/mol.